The van der Waals surface area contributed by atoms with E-state index in [9.17, 15) is 0 Å². The van der Waals surface area contributed by atoms with Gasteiger partial charge in [-0.3, -0.25) is 4.98 Å². The van der Waals surface area contributed by atoms with Gasteiger partial charge >= 0.3 is 0 Å². The SMILES string of the molecule is CN(Cc1cccnc1)c1cc(Cl)nc2c(C3CC3)cnn12. The molecule has 4 rings (SSSR count). The van der Waals surface area contributed by atoms with E-state index in [4.69, 9.17) is 11.6 Å². The van der Waals surface area contributed by atoms with E-state index in [1.165, 1.54) is 18.4 Å². The molecule has 0 N–H and O–H groups in total. The summed E-state index contributed by atoms with van der Waals surface area (Å²) < 4.78 is 1.88. The first-order valence-corrected chi connectivity index (χ1v) is 7.74. The maximum atomic E-state index is 6.23. The van der Waals surface area contributed by atoms with Gasteiger partial charge in [-0.2, -0.15) is 9.61 Å². The fourth-order valence-electron chi connectivity index (χ4n) is 2.74. The molecule has 1 fully saturated rings. The van der Waals surface area contributed by atoms with Crippen LogP contribution in [0, 0.1) is 0 Å². The first kappa shape index (κ1) is 13.5. The van der Waals surface area contributed by atoms with Gasteiger partial charge in [0.2, 0.25) is 0 Å². The molecule has 5 nitrogen and oxygen atoms in total. The summed E-state index contributed by atoms with van der Waals surface area (Å²) in [5, 5.41) is 5.02. The first-order valence-electron chi connectivity index (χ1n) is 7.36. The maximum Gasteiger partial charge on any atom is 0.162 e. The molecule has 0 unspecified atom stereocenters. The van der Waals surface area contributed by atoms with Crippen LogP contribution >= 0.6 is 11.6 Å². The van der Waals surface area contributed by atoms with E-state index in [0.29, 0.717) is 11.1 Å². The molecule has 3 aromatic rings. The van der Waals surface area contributed by atoms with E-state index < -0.39 is 0 Å². The molecule has 0 spiro atoms. The highest BCUT2D eigenvalue weighted by Crippen LogP contribution is 2.42. The zero-order valence-electron chi connectivity index (χ0n) is 12.3. The molecule has 3 heterocycles. The number of anilines is 1. The van der Waals surface area contributed by atoms with Gasteiger partial charge in [-0.1, -0.05) is 17.7 Å². The predicted molar refractivity (Wildman–Crippen MR) is 86.3 cm³/mol. The normalized spacial score (nSPS) is 14.5. The highest BCUT2D eigenvalue weighted by Gasteiger charge is 2.28. The van der Waals surface area contributed by atoms with Crippen LogP contribution in [-0.2, 0) is 6.54 Å². The lowest BCUT2D eigenvalue weighted by atomic mass is 10.2. The van der Waals surface area contributed by atoms with E-state index in [2.05, 4.69) is 26.0 Å². The molecular formula is C16H16ClN5. The third-order valence-electron chi connectivity index (χ3n) is 4.00. The molecule has 0 aliphatic heterocycles. The molecule has 0 amide bonds. The number of hydrogen-bond acceptors (Lipinski definition) is 4. The zero-order chi connectivity index (χ0) is 15.1. The Morgan fingerprint density at radius 2 is 2.23 bits per heavy atom. The van der Waals surface area contributed by atoms with Gasteiger partial charge in [-0.05, 0) is 30.4 Å². The van der Waals surface area contributed by atoms with Crippen LogP contribution in [0.3, 0.4) is 0 Å². The summed E-state index contributed by atoms with van der Waals surface area (Å²) in [4.78, 5) is 10.7. The highest BCUT2D eigenvalue weighted by atomic mass is 35.5. The molecule has 6 heteroatoms. The Morgan fingerprint density at radius 1 is 1.36 bits per heavy atom. The monoisotopic (exact) mass is 313 g/mol. The Balaban J connectivity index is 1.74. The average molecular weight is 314 g/mol. The molecule has 0 aromatic carbocycles. The van der Waals surface area contributed by atoms with Gasteiger partial charge in [0.05, 0.1) is 6.20 Å². The summed E-state index contributed by atoms with van der Waals surface area (Å²) in [6.45, 7) is 0.738. The van der Waals surface area contributed by atoms with Crippen LogP contribution in [0.15, 0.2) is 36.8 Å². The van der Waals surface area contributed by atoms with Crippen LogP contribution in [0.1, 0.15) is 29.9 Å². The van der Waals surface area contributed by atoms with E-state index in [1.807, 2.05) is 36.1 Å². The van der Waals surface area contributed by atoms with Crippen molar-refractivity contribution in [3.05, 3.63) is 53.1 Å². The summed E-state index contributed by atoms with van der Waals surface area (Å²) >= 11 is 6.23. The van der Waals surface area contributed by atoms with Gasteiger partial charge in [0.25, 0.3) is 0 Å². The van der Waals surface area contributed by atoms with Crippen LogP contribution in [0.25, 0.3) is 5.65 Å². The van der Waals surface area contributed by atoms with Crippen LogP contribution in [0.2, 0.25) is 5.15 Å². The molecule has 22 heavy (non-hydrogen) atoms. The van der Waals surface area contributed by atoms with Crippen LogP contribution in [-0.4, -0.2) is 26.6 Å². The summed E-state index contributed by atoms with van der Waals surface area (Å²) in [6.07, 6.45) is 8.01. The van der Waals surface area contributed by atoms with E-state index >= 15 is 0 Å². The van der Waals surface area contributed by atoms with Gasteiger partial charge in [-0.25, -0.2) is 4.98 Å². The quantitative estimate of drug-likeness (QED) is 0.693. The third kappa shape index (κ3) is 2.41. The molecule has 0 radical (unpaired) electrons. The van der Waals surface area contributed by atoms with Gasteiger partial charge in [0, 0.05) is 37.6 Å². The van der Waals surface area contributed by atoms with Crippen molar-refractivity contribution in [2.45, 2.75) is 25.3 Å². The largest absolute Gasteiger partial charge is 0.355 e. The number of hydrogen-bond donors (Lipinski definition) is 0. The van der Waals surface area contributed by atoms with E-state index in [1.54, 1.807) is 6.20 Å². The lowest BCUT2D eigenvalue weighted by Gasteiger charge is -2.20. The molecule has 112 valence electrons. The Labute approximate surface area is 133 Å². The molecule has 0 atom stereocenters. The van der Waals surface area contributed by atoms with Crippen molar-refractivity contribution in [1.82, 2.24) is 19.6 Å². The number of rotatable bonds is 4. The number of fused-ring (bicyclic) bond motifs is 1. The molecule has 3 aromatic heterocycles. The lowest BCUT2D eigenvalue weighted by molar-refractivity contribution is 0.829. The molecule has 1 saturated carbocycles. The van der Waals surface area contributed by atoms with Crippen molar-refractivity contribution in [1.29, 1.82) is 0 Å². The minimum atomic E-state index is 0.503. The fraction of sp³-hybridized carbons (Fsp3) is 0.312. The fourth-order valence-corrected chi connectivity index (χ4v) is 2.91. The van der Waals surface area contributed by atoms with Crippen molar-refractivity contribution in [2.24, 2.45) is 0 Å². The number of aromatic nitrogens is 4. The van der Waals surface area contributed by atoms with Crippen molar-refractivity contribution < 1.29 is 0 Å². The Bertz CT molecular complexity index is 810. The Hall–Kier alpha value is -2.14. The smallest absolute Gasteiger partial charge is 0.162 e. The Kier molecular flexibility index (Phi) is 3.22. The second-order valence-electron chi connectivity index (χ2n) is 5.76. The van der Waals surface area contributed by atoms with Gasteiger partial charge in [0.1, 0.15) is 11.0 Å². The standard InChI is InChI=1S/C16H16ClN5/c1-21(10-11-3-2-6-18-8-11)15-7-14(17)20-16-13(12-4-5-12)9-19-22(15)16/h2-3,6-9,12H,4-5,10H2,1H3. The summed E-state index contributed by atoms with van der Waals surface area (Å²) in [7, 11) is 2.02. The number of pyridine rings is 1. The van der Waals surface area contributed by atoms with Gasteiger partial charge in [-0.15, -0.1) is 0 Å². The highest BCUT2D eigenvalue weighted by molar-refractivity contribution is 6.29. The van der Waals surface area contributed by atoms with Crippen molar-refractivity contribution in [3.8, 4) is 0 Å². The van der Waals surface area contributed by atoms with Gasteiger partial charge in [0.15, 0.2) is 5.65 Å². The summed E-state index contributed by atoms with van der Waals surface area (Å²) in [5.74, 6) is 1.53. The molecule has 1 aliphatic rings. The van der Waals surface area contributed by atoms with Crippen molar-refractivity contribution in [2.75, 3.05) is 11.9 Å². The van der Waals surface area contributed by atoms with Crippen LogP contribution < -0.4 is 4.90 Å². The summed E-state index contributed by atoms with van der Waals surface area (Å²) in [6, 6.07) is 5.86. The van der Waals surface area contributed by atoms with Crippen molar-refractivity contribution >= 4 is 23.1 Å². The third-order valence-corrected chi connectivity index (χ3v) is 4.19. The molecule has 0 bridgehead atoms. The maximum absolute atomic E-state index is 6.23. The Morgan fingerprint density at radius 3 is 2.95 bits per heavy atom. The lowest BCUT2D eigenvalue weighted by Crippen LogP contribution is -2.20. The van der Waals surface area contributed by atoms with Crippen LogP contribution in [0.4, 0.5) is 5.82 Å². The first-order chi connectivity index (χ1) is 10.7. The van der Waals surface area contributed by atoms with Crippen molar-refractivity contribution in [3.63, 3.8) is 0 Å². The molecule has 0 saturated heterocycles. The number of halogens is 1. The predicted octanol–water partition coefficient (Wildman–Crippen LogP) is 3.29. The average Bonchev–Trinajstić information content (AvgIpc) is 3.27. The van der Waals surface area contributed by atoms with Crippen LogP contribution in [0.5, 0.6) is 0 Å². The minimum absolute atomic E-state index is 0.503. The number of nitrogens with zero attached hydrogens (tertiary/aromatic N) is 5. The second-order valence-corrected chi connectivity index (χ2v) is 6.15. The molecular weight excluding hydrogens is 298 g/mol. The topological polar surface area (TPSA) is 46.3 Å². The van der Waals surface area contributed by atoms with Gasteiger partial charge < -0.3 is 4.90 Å². The summed E-state index contributed by atoms with van der Waals surface area (Å²) in [5.41, 5.74) is 3.22. The second kappa shape index (κ2) is 5.25. The molecule has 1 aliphatic carbocycles. The zero-order valence-corrected chi connectivity index (χ0v) is 13.0. The van der Waals surface area contributed by atoms with E-state index in [0.717, 1.165) is 23.6 Å². The van der Waals surface area contributed by atoms with E-state index in [-0.39, 0.29) is 0 Å². The minimum Gasteiger partial charge on any atom is -0.355 e.